The molecule has 0 saturated carbocycles. The van der Waals surface area contributed by atoms with Crippen LogP contribution in [0.4, 0.5) is 0 Å². The Kier molecular flexibility index (Phi) is 8.88. The average Bonchev–Trinajstić information content (AvgIpc) is 3.47. The Bertz CT molecular complexity index is 1310. The van der Waals surface area contributed by atoms with Crippen LogP contribution in [0.25, 0.3) is 17.0 Å². The summed E-state index contributed by atoms with van der Waals surface area (Å²) in [5, 5.41) is 2.15. The number of fused-ring (bicyclic) bond motifs is 2. The summed E-state index contributed by atoms with van der Waals surface area (Å²) in [5.41, 5.74) is 6.18. The second-order valence-electron chi connectivity index (χ2n) is 11.8. The lowest BCUT2D eigenvalue weighted by Gasteiger charge is -2.37. The fraction of sp³-hybridized carbons (Fsp3) is 0.452. The van der Waals surface area contributed by atoms with Crippen molar-refractivity contribution in [2.75, 3.05) is 26.8 Å². The number of ether oxygens (including phenoxy) is 1. The number of methoxy groups -OCH3 is 1. The molecule has 1 aliphatic rings. The fourth-order valence-electron chi connectivity index (χ4n) is 5.01. The van der Waals surface area contributed by atoms with E-state index in [1.165, 1.54) is 35.3 Å². The molecule has 4 rings (SSSR count). The van der Waals surface area contributed by atoms with E-state index in [4.69, 9.17) is 20.8 Å². The van der Waals surface area contributed by atoms with Gasteiger partial charge in [0, 0.05) is 53.9 Å². The van der Waals surface area contributed by atoms with E-state index in [0.717, 1.165) is 55.1 Å². The molecular formula is C31H41ClN2O3Si. The summed E-state index contributed by atoms with van der Waals surface area (Å²) in [6, 6.07) is 12.9. The lowest BCUT2D eigenvalue weighted by Crippen LogP contribution is -2.43. The Morgan fingerprint density at radius 3 is 2.71 bits per heavy atom. The van der Waals surface area contributed by atoms with E-state index in [9.17, 15) is 4.79 Å². The number of aromatic nitrogens is 1. The van der Waals surface area contributed by atoms with Crippen LogP contribution >= 0.6 is 11.6 Å². The van der Waals surface area contributed by atoms with Gasteiger partial charge in [0.15, 0.2) is 8.32 Å². The Balaban J connectivity index is 1.53. The van der Waals surface area contributed by atoms with Crippen molar-refractivity contribution in [3.63, 3.8) is 0 Å². The van der Waals surface area contributed by atoms with E-state index in [2.05, 4.69) is 74.2 Å². The first kappa shape index (κ1) is 28.6. The first-order valence-electron chi connectivity index (χ1n) is 13.5. The third-order valence-electron chi connectivity index (χ3n) is 8.31. The Morgan fingerprint density at radius 1 is 1.18 bits per heavy atom. The molecule has 204 valence electrons. The monoisotopic (exact) mass is 552 g/mol. The Hall–Kier alpha value is -2.38. The van der Waals surface area contributed by atoms with Crippen molar-refractivity contribution in [2.45, 2.75) is 64.2 Å². The number of nitrogens with one attached hydrogen (secondary N) is 1. The van der Waals surface area contributed by atoms with E-state index in [-0.39, 0.29) is 11.0 Å². The predicted molar refractivity (Wildman–Crippen MR) is 160 cm³/mol. The van der Waals surface area contributed by atoms with Gasteiger partial charge in [0.2, 0.25) is 0 Å². The molecule has 0 bridgehead atoms. The molecule has 0 amide bonds. The fourth-order valence-corrected chi connectivity index (χ4v) is 6.22. The molecule has 1 unspecified atom stereocenters. The molecule has 3 aromatic rings. The molecule has 1 aromatic heterocycles. The van der Waals surface area contributed by atoms with E-state index in [1.807, 2.05) is 18.2 Å². The maximum absolute atomic E-state index is 11.5. The number of nitrogens with zero attached hydrogens (tertiary/aromatic N) is 1. The molecule has 0 fully saturated rings. The van der Waals surface area contributed by atoms with E-state index < -0.39 is 8.32 Å². The van der Waals surface area contributed by atoms with Crippen LogP contribution in [0.2, 0.25) is 23.2 Å². The van der Waals surface area contributed by atoms with Crippen molar-refractivity contribution in [3.8, 4) is 0 Å². The number of carbonyl (C=O) groups excluding carboxylic acids is 1. The minimum Gasteiger partial charge on any atom is -0.466 e. The number of aromatic amines is 1. The molecule has 1 N–H and O–H groups in total. The summed E-state index contributed by atoms with van der Waals surface area (Å²) in [4.78, 5) is 17.5. The third kappa shape index (κ3) is 6.60. The number of hydrogen-bond acceptors (Lipinski definition) is 4. The van der Waals surface area contributed by atoms with Gasteiger partial charge in [-0.1, -0.05) is 50.6 Å². The molecule has 5 nitrogen and oxygen atoms in total. The first-order chi connectivity index (χ1) is 18.0. The van der Waals surface area contributed by atoms with Crippen LogP contribution < -0.4 is 0 Å². The van der Waals surface area contributed by atoms with E-state index in [1.54, 1.807) is 0 Å². The second-order valence-corrected chi connectivity index (χ2v) is 17.0. The van der Waals surface area contributed by atoms with Crippen LogP contribution in [-0.4, -0.2) is 51.0 Å². The van der Waals surface area contributed by atoms with Crippen molar-refractivity contribution < 1.29 is 14.0 Å². The summed E-state index contributed by atoms with van der Waals surface area (Å²) in [7, 11) is -0.425. The number of rotatable bonds is 10. The molecule has 2 aromatic carbocycles. The molecule has 0 aliphatic heterocycles. The van der Waals surface area contributed by atoms with Gasteiger partial charge in [0.05, 0.1) is 7.11 Å². The van der Waals surface area contributed by atoms with E-state index in [0.29, 0.717) is 6.04 Å². The van der Waals surface area contributed by atoms with Gasteiger partial charge >= 0.3 is 5.97 Å². The van der Waals surface area contributed by atoms with Crippen LogP contribution in [0.5, 0.6) is 0 Å². The minimum atomic E-state index is -1.82. The number of hydrogen-bond donors (Lipinski definition) is 1. The lowest BCUT2D eigenvalue weighted by atomic mass is 10.0. The normalized spacial score (nSPS) is 16.1. The summed E-state index contributed by atoms with van der Waals surface area (Å²) < 4.78 is 11.3. The standard InChI is InChI=1S/C31H41ClN2O3Si/c1-31(2,3)38(5,6)37-18-17-34(16-15-24-21-33-28-12-10-25(32)20-27(24)28)29-13-9-23-19-22(7-11-26(23)29)8-14-30(35)36-4/h7-8,10-12,14,19-21,29,33H,9,13,15-18H2,1-6H3/b14-8+. The predicted octanol–water partition coefficient (Wildman–Crippen LogP) is 7.56. The highest BCUT2D eigenvalue weighted by atomic mass is 35.5. The number of carbonyl (C=O) groups is 1. The quantitative estimate of drug-likeness (QED) is 0.160. The Labute approximate surface area is 233 Å². The van der Waals surface area contributed by atoms with Gasteiger partial charge in [-0.3, -0.25) is 4.90 Å². The van der Waals surface area contributed by atoms with Crippen molar-refractivity contribution in [1.82, 2.24) is 9.88 Å². The smallest absolute Gasteiger partial charge is 0.330 e. The molecule has 0 saturated heterocycles. The van der Waals surface area contributed by atoms with Crippen molar-refractivity contribution in [2.24, 2.45) is 0 Å². The number of esters is 1. The van der Waals surface area contributed by atoms with Crippen LogP contribution in [0.15, 0.2) is 48.7 Å². The van der Waals surface area contributed by atoms with Crippen molar-refractivity contribution in [3.05, 3.63) is 75.9 Å². The highest BCUT2D eigenvalue weighted by Gasteiger charge is 2.37. The van der Waals surface area contributed by atoms with Crippen LogP contribution in [0.1, 0.15) is 55.5 Å². The molecule has 0 radical (unpaired) electrons. The molecule has 1 aliphatic carbocycles. The zero-order valence-corrected chi connectivity index (χ0v) is 25.3. The van der Waals surface area contributed by atoms with Gasteiger partial charge in [-0.2, -0.15) is 0 Å². The molecule has 38 heavy (non-hydrogen) atoms. The number of aryl methyl sites for hydroxylation is 1. The molecule has 7 heteroatoms. The third-order valence-corrected chi connectivity index (χ3v) is 13.1. The van der Waals surface area contributed by atoms with Crippen LogP contribution in [0.3, 0.4) is 0 Å². The van der Waals surface area contributed by atoms with Gasteiger partial charge in [-0.25, -0.2) is 4.79 Å². The minimum absolute atomic E-state index is 0.190. The summed E-state index contributed by atoms with van der Waals surface area (Å²) in [5.74, 6) is -0.338. The van der Waals surface area contributed by atoms with Gasteiger partial charge in [-0.05, 0) is 83.9 Å². The lowest BCUT2D eigenvalue weighted by molar-refractivity contribution is -0.134. The summed E-state index contributed by atoms with van der Waals surface area (Å²) in [6.45, 7) is 14.1. The molecule has 0 spiro atoms. The van der Waals surface area contributed by atoms with Gasteiger partial charge < -0.3 is 14.1 Å². The summed E-state index contributed by atoms with van der Waals surface area (Å²) in [6.07, 6.45) is 8.47. The SMILES string of the molecule is COC(=O)/C=C/c1ccc2c(c1)CCC2N(CCO[Si](C)(C)C(C)(C)C)CCc1c[nH]c2ccc(Cl)cc12. The molecule has 1 heterocycles. The zero-order chi connectivity index (χ0) is 27.5. The second kappa shape index (κ2) is 11.8. The highest BCUT2D eigenvalue weighted by Crippen LogP contribution is 2.38. The van der Waals surface area contributed by atoms with E-state index >= 15 is 0 Å². The first-order valence-corrected chi connectivity index (χ1v) is 16.8. The van der Waals surface area contributed by atoms with Crippen LogP contribution in [-0.2, 0) is 26.8 Å². The maximum atomic E-state index is 11.5. The highest BCUT2D eigenvalue weighted by molar-refractivity contribution is 6.74. The zero-order valence-electron chi connectivity index (χ0n) is 23.6. The number of halogens is 1. The number of benzene rings is 2. The maximum Gasteiger partial charge on any atom is 0.330 e. The van der Waals surface area contributed by atoms with Crippen LogP contribution in [0, 0.1) is 0 Å². The Morgan fingerprint density at radius 2 is 1.97 bits per heavy atom. The van der Waals surface area contributed by atoms with Gasteiger partial charge in [0.1, 0.15) is 0 Å². The molecular weight excluding hydrogens is 512 g/mol. The average molecular weight is 553 g/mol. The molecule has 1 atom stereocenters. The summed E-state index contributed by atoms with van der Waals surface area (Å²) >= 11 is 6.31. The largest absolute Gasteiger partial charge is 0.466 e. The van der Waals surface area contributed by atoms with Gasteiger partial charge in [0.25, 0.3) is 0 Å². The topological polar surface area (TPSA) is 54.6 Å². The number of H-pyrrole nitrogens is 1. The van der Waals surface area contributed by atoms with Gasteiger partial charge in [-0.15, -0.1) is 0 Å². The van der Waals surface area contributed by atoms with Crippen molar-refractivity contribution in [1.29, 1.82) is 0 Å². The van der Waals surface area contributed by atoms with Crippen molar-refractivity contribution >= 4 is 42.9 Å².